The van der Waals surface area contributed by atoms with E-state index in [0.717, 1.165) is 41.0 Å². The Balaban J connectivity index is 2.07. The number of hydrogen-bond donors (Lipinski definition) is 1. The molecule has 2 aromatic rings. The molecule has 0 bridgehead atoms. The second-order valence-corrected chi connectivity index (χ2v) is 13.7. The quantitative estimate of drug-likeness (QED) is 0.390. The third-order valence-electron chi connectivity index (χ3n) is 4.25. The van der Waals surface area contributed by atoms with Crippen LogP contribution in [0.5, 0.6) is 0 Å². The lowest BCUT2D eigenvalue weighted by atomic mass is 9.95. The number of carbonyl (C=O) groups excluding carboxylic acids is 1. The minimum atomic E-state index is -1.10. The van der Waals surface area contributed by atoms with Crippen LogP contribution in [0.15, 0.2) is 18.3 Å². The summed E-state index contributed by atoms with van der Waals surface area (Å²) in [5, 5.41) is 14.4. The highest BCUT2D eigenvalue weighted by molar-refractivity contribution is 6.76. The van der Waals surface area contributed by atoms with E-state index in [1.807, 2.05) is 25.3 Å². The van der Waals surface area contributed by atoms with Crippen molar-refractivity contribution in [3.05, 3.63) is 29.5 Å². The molecule has 2 rings (SSSR count). The highest BCUT2D eigenvalue weighted by Gasteiger charge is 2.15. The number of carboxylic acids is 1. The van der Waals surface area contributed by atoms with Gasteiger partial charge in [0, 0.05) is 32.2 Å². The Morgan fingerprint density at radius 3 is 2.73 bits per heavy atom. The Kier molecular flexibility index (Phi) is 6.72. The summed E-state index contributed by atoms with van der Waals surface area (Å²) in [6, 6.07) is 5.07. The van der Waals surface area contributed by atoms with Crippen LogP contribution in [0, 0.1) is 12.8 Å². The molecule has 142 valence electrons. The summed E-state index contributed by atoms with van der Waals surface area (Å²) in [6.07, 6.45) is 2.94. The van der Waals surface area contributed by atoms with Gasteiger partial charge in [0.15, 0.2) is 0 Å². The molecule has 26 heavy (non-hydrogen) atoms. The van der Waals surface area contributed by atoms with Gasteiger partial charge in [0.05, 0.1) is 11.9 Å². The Labute approximate surface area is 155 Å². The number of aldehydes is 1. The minimum Gasteiger partial charge on any atom is -0.481 e. The Morgan fingerprint density at radius 1 is 1.38 bits per heavy atom. The van der Waals surface area contributed by atoms with Crippen LogP contribution in [-0.4, -0.2) is 41.8 Å². The van der Waals surface area contributed by atoms with Gasteiger partial charge in [0.1, 0.15) is 13.0 Å². The van der Waals surface area contributed by atoms with Crippen LogP contribution in [0.25, 0.3) is 10.9 Å². The molecule has 7 heteroatoms. The number of aliphatic carboxylic acids is 1. The summed E-state index contributed by atoms with van der Waals surface area (Å²) < 4.78 is 7.54. The molecule has 0 saturated carbocycles. The van der Waals surface area contributed by atoms with Crippen molar-refractivity contribution in [3.8, 4) is 0 Å². The molecule has 0 amide bonds. The molecule has 1 unspecified atom stereocenters. The third kappa shape index (κ3) is 6.07. The smallest absolute Gasteiger partial charge is 0.304 e. The molecule has 0 aliphatic carbocycles. The Morgan fingerprint density at radius 2 is 2.12 bits per heavy atom. The SMILES string of the molecule is Cc1cc(CC(C=O)CC(=O)O)cc2cn(COCC[Si](C)(C)C)nc12. The lowest BCUT2D eigenvalue weighted by Gasteiger charge is -2.15. The van der Waals surface area contributed by atoms with Gasteiger partial charge < -0.3 is 14.6 Å². The summed E-state index contributed by atoms with van der Waals surface area (Å²) in [5.41, 5.74) is 2.87. The van der Waals surface area contributed by atoms with Gasteiger partial charge in [0.2, 0.25) is 0 Å². The van der Waals surface area contributed by atoms with Crippen LogP contribution in [0.3, 0.4) is 0 Å². The number of aryl methyl sites for hydroxylation is 1. The van der Waals surface area contributed by atoms with Crippen LogP contribution in [0.1, 0.15) is 17.5 Å². The maximum atomic E-state index is 11.1. The highest BCUT2D eigenvalue weighted by Crippen LogP contribution is 2.22. The monoisotopic (exact) mass is 376 g/mol. The summed E-state index contributed by atoms with van der Waals surface area (Å²) in [4.78, 5) is 22.0. The fraction of sp³-hybridized carbons (Fsp3) is 0.526. The van der Waals surface area contributed by atoms with Crippen molar-refractivity contribution >= 4 is 31.2 Å². The van der Waals surface area contributed by atoms with E-state index in [1.165, 1.54) is 0 Å². The lowest BCUT2D eigenvalue weighted by molar-refractivity contribution is -0.139. The molecule has 1 atom stereocenters. The standard InChI is InChI=1S/C19H28N2O4Si/c1-14-7-15(8-16(12-22)10-18(23)24)9-17-11-21(20-19(14)17)13-25-5-6-26(2,3)4/h7,9,11-12,16H,5-6,8,10,13H2,1-4H3,(H,23,24). The van der Waals surface area contributed by atoms with Crippen molar-refractivity contribution in [1.29, 1.82) is 0 Å². The molecule has 1 N–H and O–H groups in total. The van der Waals surface area contributed by atoms with E-state index in [-0.39, 0.29) is 6.42 Å². The number of fused-ring (bicyclic) bond motifs is 1. The van der Waals surface area contributed by atoms with Gasteiger partial charge in [-0.05, 0) is 36.6 Å². The molecule has 0 radical (unpaired) electrons. The van der Waals surface area contributed by atoms with Crippen molar-refractivity contribution in [2.45, 2.75) is 52.2 Å². The first-order valence-corrected chi connectivity index (χ1v) is 12.6. The van der Waals surface area contributed by atoms with Gasteiger partial charge >= 0.3 is 5.97 Å². The summed E-state index contributed by atoms with van der Waals surface area (Å²) in [5.74, 6) is -1.47. The van der Waals surface area contributed by atoms with Gasteiger partial charge in [-0.3, -0.25) is 4.79 Å². The predicted molar refractivity (Wildman–Crippen MR) is 104 cm³/mol. The molecule has 0 spiro atoms. The van der Waals surface area contributed by atoms with Crippen molar-refractivity contribution in [2.75, 3.05) is 6.61 Å². The number of rotatable bonds is 10. The number of aromatic nitrogens is 2. The molecule has 1 aromatic carbocycles. The Bertz CT molecular complexity index is 780. The number of benzene rings is 1. The molecule has 0 aliphatic rings. The number of ether oxygens (including phenoxy) is 1. The first-order chi connectivity index (χ1) is 12.2. The van der Waals surface area contributed by atoms with E-state index in [0.29, 0.717) is 13.2 Å². The number of carbonyl (C=O) groups is 2. The topological polar surface area (TPSA) is 81.4 Å². The van der Waals surface area contributed by atoms with Gasteiger partial charge in [0.25, 0.3) is 0 Å². The largest absolute Gasteiger partial charge is 0.481 e. The van der Waals surface area contributed by atoms with E-state index in [1.54, 1.807) is 4.68 Å². The molecule has 6 nitrogen and oxygen atoms in total. The maximum absolute atomic E-state index is 11.1. The second kappa shape index (κ2) is 8.59. The van der Waals surface area contributed by atoms with Crippen molar-refractivity contribution in [1.82, 2.24) is 9.78 Å². The number of hydrogen-bond acceptors (Lipinski definition) is 4. The van der Waals surface area contributed by atoms with Gasteiger partial charge in [-0.2, -0.15) is 5.10 Å². The highest BCUT2D eigenvalue weighted by atomic mass is 28.3. The van der Waals surface area contributed by atoms with E-state index in [4.69, 9.17) is 9.84 Å². The van der Waals surface area contributed by atoms with Gasteiger partial charge in [-0.1, -0.05) is 25.7 Å². The average Bonchev–Trinajstić information content (AvgIpc) is 2.93. The first-order valence-electron chi connectivity index (χ1n) is 8.89. The van der Waals surface area contributed by atoms with E-state index < -0.39 is 20.0 Å². The molecule has 0 saturated heterocycles. The zero-order chi connectivity index (χ0) is 19.3. The van der Waals surface area contributed by atoms with Gasteiger partial charge in [-0.25, -0.2) is 4.68 Å². The molecular formula is C19H28N2O4Si. The predicted octanol–water partition coefficient (Wildman–Crippen LogP) is 3.49. The second-order valence-electron chi connectivity index (χ2n) is 8.07. The zero-order valence-electron chi connectivity index (χ0n) is 16.0. The van der Waals surface area contributed by atoms with E-state index >= 15 is 0 Å². The zero-order valence-corrected chi connectivity index (χ0v) is 17.0. The normalized spacial score (nSPS) is 13.1. The third-order valence-corrected chi connectivity index (χ3v) is 5.96. The molecular weight excluding hydrogens is 348 g/mol. The van der Waals surface area contributed by atoms with Crippen molar-refractivity contribution < 1.29 is 19.4 Å². The van der Waals surface area contributed by atoms with Crippen molar-refractivity contribution in [3.63, 3.8) is 0 Å². The van der Waals surface area contributed by atoms with Crippen LogP contribution in [0.4, 0.5) is 0 Å². The fourth-order valence-electron chi connectivity index (χ4n) is 2.85. The van der Waals surface area contributed by atoms with Crippen LogP contribution in [0.2, 0.25) is 25.7 Å². The minimum absolute atomic E-state index is 0.148. The average molecular weight is 377 g/mol. The summed E-state index contributed by atoms with van der Waals surface area (Å²) in [7, 11) is -1.10. The Hall–Kier alpha value is -1.99. The van der Waals surface area contributed by atoms with Crippen LogP contribution >= 0.6 is 0 Å². The molecule has 0 fully saturated rings. The number of carboxylic acid groups (broad SMARTS) is 1. The van der Waals surface area contributed by atoms with Crippen molar-refractivity contribution in [2.24, 2.45) is 5.92 Å². The summed E-state index contributed by atoms with van der Waals surface area (Å²) in [6.45, 7) is 10.1. The lowest BCUT2D eigenvalue weighted by Crippen LogP contribution is -2.22. The molecule has 1 aromatic heterocycles. The maximum Gasteiger partial charge on any atom is 0.304 e. The van der Waals surface area contributed by atoms with E-state index in [9.17, 15) is 9.59 Å². The first kappa shape index (κ1) is 20.3. The molecule has 0 aliphatic heterocycles. The van der Waals surface area contributed by atoms with Crippen LogP contribution in [-0.2, 0) is 27.5 Å². The summed E-state index contributed by atoms with van der Waals surface area (Å²) >= 11 is 0. The fourth-order valence-corrected chi connectivity index (χ4v) is 3.61. The molecule has 1 heterocycles. The van der Waals surface area contributed by atoms with E-state index in [2.05, 4.69) is 24.7 Å². The number of nitrogens with zero attached hydrogens (tertiary/aromatic N) is 2. The van der Waals surface area contributed by atoms with Gasteiger partial charge in [-0.15, -0.1) is 0 Å². The van der Waals surface area contributed by atoms with Crippen LogP contribution < -0.4 is 0 Å².